The molecule has 6 rings (SSSR count). The number of rotatable bonds is 4. The van der Waals surface area contributed by atoms with Gasteiger partial charge in [0, 0.05) is 41.8 Å². The summed E-state index contributed by atoms with van der Waals surface area (Å²) in [6.45, 7) is 3.03. The van der Waals surface area contributed by atoms with Crippen LogP contribution >= 0.6 is 0 Å². The highest BCUT2D eigenvalue weighted by molar-refractivity contribution is 5.92. The Hall–Kier alpha value is -2.99. The van der Waals surface area contributed by atoms with E-state index < -0.39 is 0 Å². The number of carbonyl (C=O) groups excluding carboxylic acids is 1. The standard InChI is InChI=1S/C29H34N2O4/c1-17-6-5-7-18(14-17)8-11-25(33)31(3)21-10-9-20-22-15-19-23(32)16-24(34-4)27-26(19)29(20,28(21)35-27)12-13-30(22)2/h5-8,11,14,16,20-22,28,32H,9-10,12-13,15H2,1-4H3/t20-,21+,22+,28-,29-/m0/s1. The average molecular weight is 475 g/mol. The fourth-order valence-corrected chi connectivity index (χ4v) is 7.53. The van der Waals surface area contributed by atoms with Crippen LogP contribution in [0.3, 0.4) is 0 Å². The maximum absolute atomic E-state index is 13.3. The Morgan fingerprint density at radius 1 is 1.31 bits per heavy atom. The molecule has 0 unspecified atom stereocenters. The van der Waals surface area contributed by atoms with Crippen molar-refractivity contribution in [2.24, 2.45) is 5.92 Å². The fraction of sp³-hybridized carbons (Fsp3) is 0.483. The zero-order valence-corrected chi connectivity index (χ0v) is 21.0. The molecule has 1 saturated carbocycles. The topological polar surface area (TPSA) is 62.2 Å². The molecule has 2 aromatic rings. The minimum absolute atomic E-state index is 0.0127. The van der Waals surface area contributed by atoms with Crippen molar-refractivity contribution in [3.63, 3.8) is 0 Å². The first kappa shape index (κ1) is 22.5. The molecule has 35 heavy (non-hydrogen) atoms. The third-order valence-electron chi connectivity index (χ3n) is 9.18. The Balaban J connectivity index is 1.38. The molecule has 2 aromatic carbocycles. The van der Waals surface area contributed by atoms with Gasteiger partial charge in [0.05, 0.1) is 13.2 Å². The normalized spacial score (nSPS) is 30.6. The molecule has 2 aliphatic heterocycles. The van der Waals surface area contributed by atoms with Crippen molar-refractivity contribution in [3.8, 4) is 17.2 Å². The first-order valence-electron chi connectivity index (χ1n) is 12.7. The van der Waals surface area contributed by atoms with Gasteiger partial charge in [-0.2, -0.15) is 0 Å². The zero-order chi connectivity index (χ0) is 24.5. The van der Waals surface area contributed by atoms with Crippen molar-refractivity contribution in [1.29, 1.82) is 0 Å². The number of hydrogen-bond acceptors (Lipinski definition) is 5. The molecule has 2 heterocycles. The predicted molar refractivity (Wildman–Crippen MR) is 135 cm³/mol. The van der Waals surface area contributed by atoms with E-state index in [1.165, 1.54) is 5.56 Å². The zero-order valence-electron chi connectivity index (χ0n) is 21.0. The maximum atomic E-state index is 13.3. The lowest BCUT2D eigenvalue weighted by Gasteiger charge is -2.59. The van der Waals surface area contributed by atoms with Crippen LogP contribution in [-0.4, -0.2) is 66.8 Å². The first-order valence-corrected chi connectivity index (χ1v) is 12.7. The van der Waals surface area contributed by atoms with Gasteiger partial charge in [0.15, 0.2) is 11.5 Å². The number of aromatic hydroxyl groups is 1. The Morgan fingerprint density at radius 2 is 2.14 bits per heavy atom. The lowest BCUT2D eigenvalue weighted by atomic mass is 9.51. The highest BCUT2D eigenvalue weighted by Gasteiger charge is 2.66. The van der Waals surface area contributed by atoms with E-state index >= 15 is 0 Å². The van der Waals surface area contributed by atoms with Gasteiger partial charge < -0.3 is 24.4 Å². The summed E-state index contributed by atoms with van der Waals surface area (Å²) >= 11 is 0. The molecule has 5 atom stereocenters. The lowest BCUT2D eigenvalue weighted by Crippen LogP contribution is -2.68. The number of phenolic OH excluding ortho intramolecular Hbond substituents is 1. The largest absolute Gasteiger partial charge is 0.508 e. The lowest BCUT2D eigenvalue weighted by molar-refractivity contribution is -0.134. The number of piperidine rings is 1. The van der Waals surface area contributed by atoms with Gasteiger partial charge in [-0.05, 0) is 63.8 Å². The summed E-state index contributed by atoms with van der Waals surface area (Å²) in [6.07, 6.45) is 7.15. The molecule has 1 N–H and O–H groups in total. The van der Waals surface area contributed by atoms with E-state index in [0.717, 1.165) is 54.7 Å². The number of likely N-dealkylation sites (tertiary alicyclic amines) is 1. The van der Waals surface area contributed by atoms with Crippen LogP contribution in [0, 0.1) is 12.8 Å². The number of phenols is 1. The van der Waals surface area contributed by atoms with Crippen molar-refractivity contribution in [2.45, 2.75) is 56.2 Å². The molecule has 1 saturated heterocycles. The minimum atomic E-state index is -0.205. The Kier molecular flexibility index (Phi) is 5.15. The van der Waals surface area contributed by atoms with Gasteiger partial charge >= 0.3 is 0 Å². The molecule has 1 amide bonds. The molecule has 1 spiro atoms. The number of likely N-dealkylation sites (N-methyl/N-ethyl adjacent to an activating group) is 2. The van der Waals surface area contributed by atoms with E-state index in [0.29, 0.717) is 23.5 Å². The smallest absolute Gasteiger partial charge is 0.246 e. The SMILES string of the molecule is COc1cc(O)c2c3c1O[C@H]1[C@H](N(C)C(=O)C=Cc4cccc(C)c4)CC[C@H]4[C@@H](C2)N(C)CC[C@@]341. The second-order valence-corrected chi connectivity index (χ2v) is 10.8. The van der Waals surface area contributed by atoms with E-state index in [1.807, 2.05) is 30.2 Å². The molecule has 4 aliphatic rings. The molecule has 6 heteroatoms. The average Bonchev–Trinajstić information content (AvgIpc) is 3.19. The van der Waals surface area contributed by atoms with Gasteiger partial charge in [0.1, 0.15) is 11.9 Å². The summed E-state index contributed by atoms with van der Waals surface area (Å²) in [5.74, 6) is 2.10. The third kappa shape index (κ3) is 3.15. The molecule has 184 valence electrons. The summed E-state index contributed by atoms with van der Waals surface area (Å²) in [7, 11) is 5.73. The predicted octanol–water partition coefficient (Wildman–Crippen LogP) is 3.92. The van der Waals surface area contributed by atoms with Gasteiger partial charge in [-0.1, -0.05) is 29.8 Å². The quantitative estimate of drug-likeness (QED) is 0.681. The third-order valence-corrected chi connectivity index (χ3v) is 9.18. The number of nitrogens with zero attached hydrogens (tertiary/aromatic N) is 2. The molecule has 2 bridgehead atoms. The fourth-order valence-electron chi connectivity index (χ4n) is 7.53. The first-order chi connectivity index (χ1) is 16.8. The van der Waals surface area contributed by atoms with Gasteiger partial charge in [0.25, 0.3) is 0 Å². The van der Waals surface area contributed by atoms with Crippen LogP contribution in [0.4, 0.5) is 0 Å². The van der Waals surface area contributed by atoms with E-state index in [1.54, 1.807) is 19.3 Å². The number of benzene rings is 2. The Labute approximate surface area is 207 Å². The van der Waals surface area contributed by atoms with E-state index in [-0.39, 0.29) is 23.5 Å². The molecular weight excluding hydrogens is 440 g/mol. The van der Waals surface area contributed by atoms with Crippen molar-refractivity contribution in [1.82, 2.24) is 9.80 Å². The number of hydrogen-bond donors (Lipinski definition) is 1. The Morgan fingerprint density at radius 3 is 2.91 bits per heavy atom. The number of amides is 1. The highest BCUT2D eigenvalue weighted by atomic mass is 16.5. The van der Waals surface area contributed by atoms with Gasteiger partial charge in [-0.15, -0.1) is 0 Å². The van der Waals surface area contributed by atoms with E-state index in [4.69, 9.17) is 9.47 Å². The summed E-state index contributed by atoms with van der Waals surface area (Å²) in [6, 6.07) is 10.2. The van der Waals surface area contributed by atoms with Crippen LogP contribution in [0.15, 0.2) is 36.4 Å². The molecule has 2 fully saturated rings. The Bertz CT molecular complexity index is 1220. The van der Waals surface area contributed by atoms with Crippen LogP contribution in [0.2, 0.25) is 0 Å². The van der Waals surface area contributed by atoms with Gasteiger partial charge in [-0.25, -0.2) is 0 Å². The summed E-state index contributed by atoms with van der Waals surface area (Å²) in [5.41, 5.74) is 4.14. The van der Waals surface area contributed by atoms with E-state index in [9.17, 15) is 9.90 Å². The van der Waals surface area contributed by atoms with Crippen LogP contribution < -0.4 is 9.47 Å². The van der Waals surface area contributed by atoms with Crippen LogP contribution in [-0.2, 0) is 16.6 Å². The van der Waals surface area contributed by atoms with Crippen LogP contribution in [0.1, 0.15) is 41.5 Å². The summed E-state index contributed by atoms with van der Waals surface area (Å²) in [4.78, 5) is 17.7. The monoisotopic (exact) mass is 474 g/mol. The van der Waals surface area contributed by atoms with Crippen LogP contribution in [0.25, 0.3) is 6.08 Å². The molecular formula is C29H34N2O4. The van der Waals surface area contributed by atoms with Crippen molar-refractivity contribution < 1.29 is 19.4 Å². The van der Waals surface area contributed by atoms with Crippen molar-refractivity contribution >= 4 is 12.0 Å². The van der Waals surface area contributed by atoms with Crippen molar-refractivity contribution in [2.75, 3.05) is 27.7 Å². The van der Waals surface area contributed by atoms with Crippen LogP contribution in [0.5, 0.6) is 17.2 Å². The van der Waals surface area contributed by atoms with Gasteiger partial charge in [0.2, 0.25) is 5.91 Å². The maximum Gasteiger partial charge on any atom is 0.246 e. The molecule has 2 aliphatic carbocycles. The molecule has 0 radical (unpaired) electrons. The minimum Gasteiger partial charge on any atom is -0.508 e. The number of aryl methyl sites for hydroxylation is 1. The van der Waals surface area contributed by atoms with Gasteiger partial charge in [-0.3, -0.25) is 4.79 Å². The number of ether oxygens (including phenoxy) is 2. The second-order valence-electron chi connectivity index (χ2n) is 10.8. The van der Waals surface area contributed by atoms with Crippen molar-refractivity contribution in [3.05, 3.63) is 58.7 Å². The van der Waals surface area contributed by atoms with E-state index in [2.05, 4.69) is 31.0 Å². The number of carbonyl (C=O) groups is 1. The summed E-state index contributed by atoms with van der Waals surface area (Å²) < 4.78 is 12.4. The summed E-state index contributed by atoms with van der Waals surface area (Å²) in [5, 5.41) is 11.0. The second kappa shape index (κ2) is 8.02. The molecule has 0 aromatic heterocycles. The highest BCUT2D eigenvalue weighted by Crippen LogP contribution is 2.65. The molecule has 6 nitrogen and oxygen atoms in total. The number of methoxy groups -OCH3 is 1.